The molecule has 0 fully saturated rings. The number of anilines is 2. The van der Waals surface area contributed by atoms with Crippen molar-refractivity contribution in [3.8, 4) is 0 Å². The first kappa shape index (κ1) is 15.5. The molecule has 0 aliphatic carbocycles. The second kappa shape index (κ2) is 5.87. The van der Waals surface area contributed by atoms with Crippen LogP contribution >= 0.6 is 23.8 Å². The molecule has 3 N–H and O–H groups in total. The van der Waals surface area contributed by atoms with Gasteiger partial charge >= 0.3 is 6.18 Å². The van der Waals surface area contributed by atoms with Crippen LogP contribution in [0.5, 0.6) is 0 Å². The lowest BCUT2D eigenvalue weighted by atomic mass is 10.2. The van der Waals surface area contributed by atoms with Gasteiger partial charge in [-0.15, -0.1) is 0 Å². The molecule has 21 heavy (non-hydrogen) atoms. The molecule has 0 saturated carbocycles. The fraction of sp³-hybridized carbons (Fsp3) is 0.0769. The molecule has 0 radical (unpaired) electrons. The van der Waals surface area contributed by atoms with Crippen molar-refractivity contribution in [3.63, 3.8) is 0 Å². The third kappa shape index (κ3) is 3.83. The second-order valence-corrected chi connectivity index (χ2v) is 4.94. The number of benzene rings is 1. The zero-order valence-corrected chi connectivity index (χ0v) is 12.0. The Morgan fingerprint density at radius 3 is 2.57 bits per heavy atom. The summed E-state index contributed by atoms with van der Waals surface area (Å²) < 4.78 is 38.1. The van der Waals surface area contributed by atoms with Gasteiger partial charge in [-0.1, -0.05) is 29.9 Å². The number of aromatic nitrogens is 1. The number of alkyl halides is 3. The number of nitrogens with one attached hydrogen (secondary N) is 1. The molecule has 0 spiro atoms. The molecule has 0 unspecified atom stereocenters. The maximum absolute atomic E-state index is 12.7. The average molecular weight is 332 g/mol. The van der Waals surface area contributed by atoms with Crippen molar-refractivity contribution in [1.29, 1.82) is 0 Å². The first-order valence-corrected chi connectivity index (χ1v) is 6.46. The summed E-state index contributed by atoms with van der Waals surface area (Å²) in [5.74, 6) is 0.293. The van der Waals surface area contributed by atoms with E-state index in [0.717, 1.165) is 12.1 Å². The van der Waals surface area contributed by atoms with Crippen LogP contribution in [0.3, 0.4) is 0 Å². The Kier molecular flexibility index (Phi) is 4.34. The second-order valence-electron chi connectivity index (χ2n) is 4.09. The first-order chi connectivity index (χ1) is 9.77. The summed E-state index contributed by atoms with van der Waals surface area (Å²) in [4.78, 5) is 4.17. The van der Waals surface area contributed by atoms with E-state index in [2.05, 4.69) is 10.3 Å². The van der Waals surface area contributed by atoms with Gasteiger partial charge in [0.2, 0.25) is 0 Å². The molecule has 0 bridgehead atoms. The van der Waals surface area contributed by atoms with E-state index < -0.39 is 11.7 Å². The van der Waals surface area contributed by atoms with Crippen LogP contribution in [0.2, 0.25) is 5.02 Å². The Balaban J connectivity index is 2.35. The molecule has 1 aromatic carbocycles. The van der Waals surface area contributed by atoms with Gasteiger partial charge in [-0.2, -0.15) is 13.2 Å². The molecule has 2 rings (SSSR count). The highest BCUT2D eigenvalue weighted by atomic mass is 35.5. The smallest absolute Gasteiger partial charge is 0.388 e. The van der Waals surface area contributed by atoms with Gasteiger partial charge in [0.25, 0.3) is 0 Å². The number of hydrogen-bond acceptors (Lipinski definition) is 3. The summed E-state index contributed by atoms with van der Waals surface area (Å²) in [5, 5.41) is 2.87. The SMILES string of the molecule is NC(=S)c1cccc(Nc2cc(C(F)(F)F)ccc2Cl)n1. The highest BCUT2D eigenvalue weighted by Crippen LogP contribution is 2.34. The van der Waals surface area contributed by atoms with E-state index in [1.807, 2.05) is 0 Å². The highest BCUT2D eigenvalue weighted by molar-refractivity contribution is 7.80. The molecular weight excluding hydrogens is 323 g/mol. The highest BCUT2D eigenvalue weighted by Gasteiger charge is 2.31. The molecule has 2 aromatic rings. The van der Waals surface area contributed by atoms with E-state index in [1.165, 1.54) is 6.07 Å². The predicted octanol–water partition coefficient (Wildman–Crippen LogP) is 4.13. The van der Waals surface area contributed by atoms with Crippen LogP contribution in [0.1, 0.15) is 11.3 Å². The minimum atomic E-state index is -4.45. The van der Waals surface area contributed by atoms with E-state index in [-0.39, 0.29) is 15.7 Å². The molecule has 8 heteroatoms. The van der Waals surface area contributed by atoms with Crippen molar-refractivity contribution in [1.82, 2.24) is 4.98 Å². The Bertz CT molecular complexity index is 689. The minimum absolute atomic E-state index is 0.0915. The fourth-order valence-electron chi connectivity index (χ4n) is 1.58. The van der Waals surface area contributed by atoms with Gasteiger partial charge in [0, 0.05) is 0 Å². The predicted molar refractivity (Wildman–Crippen MR) is 79.9 cm³/mol. The van der Waals surface area contributed by atoms with E-state index in [0.29, 0.717) is 11.5 Å². The van der Waals surface area contributed by atoms with E-state index in [9.17, 15) is 13.2 Å². The summed E-state index contributed by atoms with van der Waals surface area (Å²) in [6, 6.07) is 7.79. The zero-order chi connectivity index (χ0) is 15.6. The molecule has 0 saturated heterocycles. The Morgan fingerprint density at radius 1 is 1.24 bits per heavy atom. The number of pyridine rings is 1. The van der Waals surface area contributed by atoms with Crippen molar-refractivity contribution in [2.45, 2.75) is 6.18 Å². The van der Waals surface area contributed by atoms with Gasteiger partial charge in [0.05, 0.1) is 22.0 Å². The lowest BCUT2D eigenvalue weighted by Gasteiger charge is -2.12. The quantitative estimate of drug-likeness (QED) is 0.830. The number of nitrogens with zero attached hydrogens (tertiary/aromatic N) is 1. The number of nitrogens with two attached hydrogens (primary N) is 1. The number of halogens is 4. The van der Waals surface area contributed by atoms with Crippen LogP contribution in [0.15, 0.2) is 36.4 Å². The van der Waals surface area contributed by atoms with Crippen molar-refractivity contribution >= 4 is 40.3 Å². The standard InChI is InChI=1S/C13H9ClF3N3S/c14-8-5-4-7(13(15,16)17)6-10(8)20-11-3-1-2-9(19-11)12(18)21/h1-6H,(H2,18,21)(H,19,20). The lowest BCUT2D eigenvalue weighted by molar-refractivity contribution is -0.137. The summed E-state index contributed by atoms with van der Waals surface area (Å²) in [7, 11) is 0. The summed E-state index contributed by atoms with van der Waals surface area (Å²) in [6.45, 7) is 0. The molecule has 0 aliphatic rings. The normalized spacial score (nSPS) is 11.2. The maximum Gasteiger partial charge on any atom is 0.416 e. The van der Waals surface area contributed by atoms with Crippen LogP contribution in [0.4, 0.5) is 24.7 Å². The molecule has 0 atom stereocenters. The van der Waals surface area contributed by atoms with Crippen LogP contribution < -0.4 is 11.1 Å². The summed E-state index contributed by atoms with van der Waals surface area (Å²) >= 11 is 10.7. The van der Waals surface area contributed by atoms with Gasteiger partial charge < -0.3 is 11.1 Å². The summed E-state index contributed by atoms with van der Waals surface area (Å²) in [5.41, 5.74) is 5.10. The third-order valence-electron chi connectivity index (χ3n) is 2.56. The van der Waals surface area contributed by atoms with E-state index >= 15 is 0 Å². The number of thiocarbonyl (C=S) groups is 1. The average Bonchev–Trinajstić information content (AvgIpc) is 2.40. The first-order valence-electron chi connectivity index (χ1n) is 5.68. The third-order valence-corrected chi connectivity index (χ3v) is 3.10. The molecule has 0 amide bonds. The molecule has 1 heterocycles. The Hall–Kier alpha value is -1.86. The van der Waals surface area contributed by atoms with Crippen LogP contribution in [-0.4, -0.2) is 9.97 Å². The van der Waals surface area contributed by atoms with Crippen molar-refractivity contribution < 1.29 is 13.2 Å². The van der Waals surface area contributed by atoms with Crippen LogP contribution in [0, 0.1) is 0 Å². The van der Waals surface area contributed by atoms with E-state index in [4.69, 9.17) is 29.6 Å². The van der Waals surface area contributed by atoms with E-state index in [1.54, 1.807) is 18.2 Å². The van der Waals surface area contributed by atoms with Gasteiger partial charge in [-0.25, -0.2) is 4.98 Å². The topological polar surface area (TPSA) is 50.9 Å². The molecule has 0 aliphatic heterocycles. The largest absolute Gasteiger partial charge is 0.416 e. The van der Waals surface area contributed by atoms with Gasteiger partial charge in [-0.05, 0) is 30.3 Å². The molecule has 110 valence electrons. The zero-order valence-electron chi connectivity index (χ0n) is 10.4. The van der Waals surface area contributed by atoms with Crippen molar-refractivity contribution in [3.05, 3.63) is 52.7 Å². The number of rotatable bonds is 3. The fourth-order valence-corrected chi connectivity index (χ4v) is 1.86. The minimum Gasteiger partial charge on any atom is -0.388 e. The van der Waals surface area contributed by atoms with Crippen molar-refractivity contribution in [2.75, 3.05) is 5.32 Å². The molecular formula is C13H9ClF3N3S. The summed E-state index contributed by atoms with van der Waals surface area (Å²) in [6.07, 6.45) is -4.45. The van der Waals surface area contributed by atoms with Crippen LogP contribution in [0.25, 0.3) is 0 Å². The monoisotopic (exact) mass is 331 g/mol. The maximum atomic E-state index is 12.7. The Labute approximate surface area is 128 Å². The van der Waals surface area contributed by atoms with Gasteiger partial charge in [-0.3, -0.25) is 0 Å². The number of hydrogen-bond donors (Lipinski definition) is 2. The molecule has 3 nitrogen and oxygen atoms in total. The van der Waals surface area contributed by atoms with Gasteiger partial charge in [0.1, 0.15) is 10.8 Å². The van der Waals surface area contributed by atoms with Crippen molar-refractivity contribution in [2.24, 2.45) is 5.73 Å². The lowest BCUT2D eigenvalue weighted by Crippen LogP contribution is -2.12. The molecule has 1 aromatic heterocycles. The Morgan fingerprint density at radius 2 is 1.95 bits per heavy atom. The van der Waals surface area contributed by atoms with Crippen LogP contribution in [-0.2, 0) is 6.18 Å². The van der Waals surface area contributed by atoms with Gasteiger partial charge in [0.15, 0.2) is 0 Å².